The largest absolute Gasteiger partial charge is 0.494 e. The standard InChI is InChI=1S/C24H29NO3/c1-27-24(26)23-11-13-25-16-20(23)8-7-18-3-2-4-19-15-21(9-10-22(18)19)28-14-12-17-5-6-17/h9-11,13,15-18H,2-8,12,14H2,1H3. The van der Waals surface area contributed by atoms with Crippen LogP contribution in [-0.4, -0.2) is 24.7 Å². The lowest BCUT2D eigenvalue weighted by atomic mass is 9.79. The van der Waals surface area contributed by atoms with Gasteiger partial charge in [-0.15, -0.1) is 0 Å². The molecule has 0 N–H and O–H groups in total. The fourth-order valence-electron chi connectivity index (χ4n) is 4.30. The van der Waals surface area contributed by atoms with Gasteiger partial charge >= 0.3 is 5.97 Å². The average molecular weight is 380 g/mol. The number of aryl methyl sites for hydroxylation is 2. The van der Waals surface area contributed by atoms with Gasteiger partial charge in [0.2, 0.25) is 0 Å². The number of hydrogen-bond donors (Lipinski definition) is 0. The van der Waals surface area contributed by atoms with E-state index in [4.69, 9.17) is 9.47 Å². The molecule has 0 saturated heterocycles. The normalized spacial score (nSPS) is 18.4. The summed E-state index contributed by atoms with van der Waals surface area (Å²) < 4.78 is 10.9. The van der Waals surface area contributed by atoms with Gasteiger partial charge in [-0.1, -0.05) is 18.9 Å². The fourth-order valence-corrected chi connectivity index (χ4v) is 4.30. The molecule has 28 heavy (non-hydrogen) atoms. The highest BCUT2D eigenvalue weighted by Gasteiger charge is 2.23. The molecule has 1 aromatic heterocycles. The van der Waals surface area contributed by atoms with Crippen molar-refractivity contribution in [1.29, 1.82) is 0 Å². The lowest BCUT2D eigenvalue weighted by Crippen LogP contribution is -2.12. The molecule has 2 aliphatic carbocycles. The quantitative estimate of drug-likeness (QED) is 0.599. The second-order valence-corrected chi connectivity index (χ2v) is 8.09. The Labute approximate surface area is 167 Å². The molecular formula is C24H29NO3. The highest BCUT2D eigenvalue weighted by atomic mass is 16.5. The Morgan fingerprint density at radius 1 is 1.18 bits per heavy atom. The molecule has 0 spiro atoms. The van der Waals surface area contributed by atoms with Crippen LogP contribution in [0.15, 0.2) is 36.7 Å². The molecule has 1 unspecified atom stereocenters. The predicted molar refractivity (Wildman–Crippen MR) is 109 cm³/mol. The lowest BCUT2D eigenvalue weighted by molar-refractivity contribution is 0.0599. The first-order chi connectivity index (χ1) is 13.7. The number of carbonyl (C=O) groups is 1. The van der Waals surface area contributed by atoms with Gasteiger partial charge in [0.15, 0.2) is 0 Å². The van der Waals surface area contributed by atoms with Crippen LogP contribution in [0.5, 0.6) is 5.75 Å². The summed E-state index contributed by atoms with van der Waals surface area (Å²) in [6, 6.07) is 8.39. The van der Waals surface area contributed by atoms with E-state index in [-0.39, 0.29) is 5.97 Å². The van der Waals surface area contributed by atoms with Crippen molar-refractivity contribution in [3.8, 4) is 5.75 Å². The molecule has 1 fully saturated rings. The first-order valence-electron chi connectivity index (χ1n) is 10.5. The Kier molecular flexibility index (Phi) is 5.94. The molecule has 2 aromatic rings. The summed E-state index contributed by atoms with van der Waals surface area (Å²) in [4.78, 5) is 16.2. The maximum Gasteiger partial charge on any atom is 0.338 e. The highest BCUT2D eigenvalue weighted by molar-refractivity contribution is 5.90. The van der Waals surface area contributed by atoms with Crippen LogP contribution in [0.3, 0.4) is 0 Å². The van der Waals surface area contributed by atoms with E-state index in [0.717, 1.165) is 43.1 Å². The number of benzene rings is 1. The second kappa shape index (κ2) is 8.76. The number of fused-ring (bicyclic) bond motifs is 1. The second-order valence-electron chi connectivity index (χ2n) is 8.09. The summed E-state index contributed by atoms with van der Waals surface area (Å²) in [7, 11) is 1.42. The number of rotatable bonds is 8. The van der Waals surface area contributed by atoms with Gasteiger partial charge in [-0.2, -0.15) is 0 Å². The molecule has 4 nitrogen and oxygen atoms in total. The Morgan fingerprint density at radius 3 is 2.89 bits per heavy atom. The van der Waals surface area contributed by atoms with Crippen molar-refractivity contribution >= 4 is 5.97 Å². The van der Waals surface area contributed by atoms with E-state index in [0.29, 0.717) is 11.5 Å². The first kappa shape index (κ1) is 19.0. The number of methoxy groups -OCH3 is 1. The van der Waals surface area contributed by atoms with Crippen LogP contribution in [-0.2, 0) is 17.6 Å². The molecule has 2 aliphatic rings. The molecule has 148 valence electrons. The van der Waals surface area contributed by atoms with Crippen LogP contribution in [0.1, 0.15) is 71.5 Å². The predicted octanol–water partition coefficient (Wildman–Crippen LogP) is 5.10. The van der Waals surface area contributed by atoms with E-state index in [1.165, 1.54) is 50.3 Å². The van der Waals surface area contributed by atoms with Gasteiger partial charge in [-0.3, -0.25) is 4.98 Å². The smallest absolute Gasteiger partial charge is 0.338 e. The topological polar surface area (TPSA) is 48.4 Å². The number of aromatic nitrogens is 1. The summed E-state index contributed by atoms with van der Waals surface area (Å²) in [5.41, 5.74) is 4.48. The van der Waals surface area contributed by atoms with Crippen molar-refractivity contribution in [3.63, 3.8) is 0 Å². The van der Waals surface area contributed by atoms with E-state index in [9.17, 15) is 4.79 Å². The Bertz CT molecular complexity index is 828. The maximum atomic E-state index is 12.0. The number of hydrogen-bond acceptors (Lipinski definition) is 4. The molecule has 1 heterocycles. The summed E-state index contributed by atoms with van der Waals surface area (Å²) in [6.07, 6.45) is 12.8. The number of ether oxygens (including phenoxy) is 2. The third kappa shape index (κ3) is 4.54. The minimum atomic E-state index is -0.283. The van der Waals surface area contributed by atoms with Crippen LogP contribution in [0.25, 0.3) is 0 Å². The lowest BCUT2D eigenvalue weighted by Gasteiger charge is -2.26. The summed E-state index contributed by atoms with van der Waals surface area (Å²) in [6.45, 7) is 0.837. The molecule has 1 aromatic carbocycles. The fraction of sp³-hybridized carbons (Fsp3) is 0.500. The zero-order valence-electron chi connectivity index (χ0n) is 16.7. The van der Waals surface area contributed by atoms with E-state index in [2.05, 4.69) is 23.2 Å². The van der Waals surface area contributed by atoms with Crippen molar-refractivity contribution in [3.05, 3.63) is 58.9 Å². The number of nitrogens with zero attached hydrogens (tertiary/aromatic N) is 1. The van der Waals surface area contributed by atoms with E-state index in [1.807, 2.05) is 0 Å². The zero-order valence-corrected chi connectivity index (χ0v) is 16.7. The molecule has 0 amide bonds. The molecule has 0 bridgehead atoms. The molecule has 1 atom stereocenters. The first-order valence-corrected chi connectivity index (χ1v) is 10.5. The minimum absolute atomic E-state index is 0.283. The summed E-state index contributed by atoms with van der Waals surface area (Å²) in [5, 5.41) is 0. The van der Waals surface area contributed by atoms with Crippen LogP contribution >= 0.6 is 0 Å². The SMILES string of the molecule is COC(=O)c1ccncc1CCC1CCCc2cc(OCCC3CC3)ccc21. The third-order valence-electron chi connectivity index (χ3n) is 6.12. The van der Waals surface area contributed by atoms with Gasteiger partial charge < -0.3 is 9.47 Å². The third-order valence-corrected chi connectivity index (χ3v) is 6.12. The van der Waals surface area contributed by atoms with Gasteiger partial charge in [0, 0.05) is 12.4 Å². The summed E-state index contributed by atoms with van der Waals surface area (Å²) in [5.74, 6) is 2.16. The molecular weight excluding hydrogens is 350 g/mol. The Balaban J connectivity index is 1.41. The monoisotopic (exact) mass is 379 g/mol. The van der Waals surface area contributed by atoms with Crippen LogP contribution in [0.4, 0.5) is 0 Å². The van der Waals surface area contributed by atoms with E-state index >= 15 is 0 Å². The Hall–Kier alpha value is -2.36. The van der Waals surface area contributed by atoms with Gasteiger partial charge in [0.1, 0.15) is 5.75 Å². The number of carbonyl (C=O) groups excluding carboxylic acids is 1. The molecule has 4 rings (SSSR count). The molecule has 0 aliphatic heterocycles. The van der Waals surface area contributed by atoms with Crippen molar-refractivity contribution < 1.29 is 14.3 Å². The minimum Gasteiger partial charge on any atom is -0.494 e. The maximum absolute atomic E-state index is 12.0. The van der Waals surface area contributed by atoms with Crippen LogP contribution in [0, 0.1) is 5.92 Å². The van der Waals surface area contributed by atoms with Crippen molar-refractivity contribution in [1.82, 2.24) is 4.98 Å². The van der Waals surface area contributed by atoms with Crippen LogP contribution < -0.4 is 4.74 Å². The van der Waals surface area contributed by atoms with Crippen molar-refractivity contribution in [2.45, 2.75) is 57.3 Å². The van der Waals surface area contributed by atoms with Crippen molar-refractivity contribution in [2.24, 2.45) is 5.92 Å². The van der Waals surface area contributed by atoms with Gasteiger partial charge in [0.05, 0.1) is 19.3 Å². The zero-order chi connectivity index (χ0) is 19.3. The van der Waals surface area contributed by atoms with Gasteiger partial charge in [-0.05, 0) is 85.3 Å². The van der Waals surface area contributed by atoms with Gasteiger partial charge in [-0.25, -0.2) is 4.79 Å². The highest BCUT2D eigenvalue weighted by Crippen LogP contribution is 2.37. The molecule has 0 radical (unpaired) electrons. The average Bonchev–Trinajstić information content (AvgIpc) is 3.56. The van der Waals surface area contributed by atoms with Gasteiger partial charge in [0.25, 0.3) is 0 Å². The number of esters is 1. The summed E-state index contributed by atoms with van der Waals surface area (Å²) >= 11 is 0. The Morgan fingerprint density at radius 2 is 2.07 bits per heavy atom. The number of pyridine rings is 1. The molecule has 4 heteroatoms. The van der Waals surface area contributed by atoms with E-state index in [1.54, 1.807) is 18.5 Å². The van der Waals surface area contributed by atoms with E-state index < -0.39 is 0 Å². The molecule has 1 saturated carbocycles. The van der Waals surface area contributed by atoms with Crippen LogP contribution in [0.2, 0.25) is 0 Å². The van der Waals surface area contributed by atoms with Crippen molar-refractivity contribution in [2.75, 3.05) is 13.7 Å².